The van der Waals surface area contributed by atoms with Crippen LogP contribution in [0.1, 0.15) is 39.5 Å². The fourth-order valence-corrected chi connectivity index (χ4v) is 3.64. The van der Waals surface area contributed by atoms with E-state index in [1.165, 1.54) is 19.3 Å². The van der Waals surface area contributed by atoms with Gasteiger partial charge in [-0.3, -0.25) is 4.79 Å². The maximum absolute atomic E-state index is 12.2. The van der Waals surface area contributed by atoms with Gasteiger partial charge in [0.25, 0.3) is 0 Å². The molecule has 110 valence electrons. The summed E-state index contributed by atoms with van der Waals surface area (Å²) in [7, 11) is 0. The summed E-state index contributed by atoms with van der Waals surface area (Å²) < 4.78 is 0. The van der Waals surface area contributed by atoms with E-state index in [1.807, 2.05) is 0 Å². The Morgan fingerprint density at radius 3 is 2.84 bits per heavy atom. The van der Waals surface area contributed by atoms with Gasteiger partial charge in [-0.1, -0.05) is 20.3 Å². The van der Waals surface area contributed by atoms with Gasteiger partial charge in [-0.25, -0.2) is 0 Å². The van der Waals surface area contributed by atoms with E-state index < -0.39 is 0 Å². The molecule has 1 heterocycles. The zero-order valence-corrected chi connectivity index (χ0v) is 12.5. The van der Waals surface area contributed by atoms with Crippen LogP contribution in [0.15, 0.2) is 0 Å². The molecule has 0 aromatic carbocycles. The van der Waals surface area contributed by atoms with Crippen LogP contribution in [0, 0.1) is 11.8 Å². The van der Waals surface area contributed by atoms with Crippen molar-refractivity contribution in [2.24, 2.45) is 11.8 Å². The van der Waals surface area contributed by atoms with Gasteiger partial charge in [-0.2, -0.15) is 0 Å². The zero-order chi connectivity index (χ0) is 13.7. The van der Waals surface area contributed by atoms with Gasteiger partial charge < -0.3 is 15.5 Å². The molecule has 2 fully saturated rings. The summed E-state index contributed by atoms with van der Waals surface area (Å²) in [5, 5.41) is 6.52. The van der Waals surface area contributed by atoms with Gasteiger partial charge in [0.1, 0.15) is 0 Å². The summed E-state index contributed by atoms with van der Waals surface area (Å²) in [4.78, 5) is 14.6. The smallest absolute Gasteiger partial charge is 0.237 e. The lowest BCUT2D eigenvalue weighted by molar-refractivity contribution is -0.123. The number of carbonyl (C=O) groups excluding carboxylic acids is 1. The van der Waals surface area contributed by atoms with Crippen molar-refractivity contribution in [2.45, 2.75) is 45.6 Å². The lowest BCUT2D eigenvalue weighted by atomic mass is 9.93. The fraction of sp³-hybridized carbons (Fsp3) is 0.933. The predicted octanol–water partition coefficient (Wildman–Crippen LogP) is 1.22. The monoisotopic (exact) mass is 267 g/mol. The minimum atomic E-state index is 0.0842. The average Bonchev–Trinajstić information content (AvgIpc) is 3.01. The second-order valence-electron chi connectivity index (χ2n) is 5.91. The molecular formula is C15H29N3O. The Morgan fingerprint density at radius 1 is 1.32 bits per heavy atom. The van der Waals surface area contributed by atoms with Gasteiger partial charge in [-0.15, -0.1) is 0 Å². The van der Waals surface area contributed by atoms with Crippen LogP contribution in [-0.4, -0.2) is 49.6 Å². The summed E-state index contributed by atoms with van der Waals surface area (Å²) in [5.41, 5.74) is 0. The lowest BCUT2D eigenvalue weighted by Crippen LogP contribution is -2.44. The average molecular weight is 267 g/mol. The molecule has 4 nitrogen and oxygen atoms in total. The molecule has 0 aromatic rings. The first-order valence-corrected chi connectivity index (χ1v) is 7.99. The molecule has 0 bridgehead atoms. The first kappa shape index (κ1) is 14.8. The van der Waals surface area contributed by atoms with Crippen LogP contribution < -0.4 is 10.6 Å². The Morgan fingerprint density at radius 2 is 2.11 bits per heavy atom. The van der Waals surface area contributed by atoms with Crippen LogP contribution in [0.3, 0.4) is 0 Å². The highest BCUT2D eigenvalue weighted by Gasteiger charge is 2.42. The van der Waals surface area contributed by atoms with Gasteiger partial charge in [0.15, 0.2) is 0 Å². The van der Waals surface area contributed by atoms with Crippen molar-refractivity contribution >= 4 is 5.91 Å². The number of carbonyl (C=O) groups is 1. The van der Waals surface area contributed by atoms with Crippen molar-refractivity contribution in [3.63, 3.8) is 0 Å². The van der Waals surface area contributed by atoms with Gasteiger partial charge in [0.05, 0.1) is 6.04 Å². The highest BCUT2D eigenvalue weighted by Crippen LogP contribution is 2.37. The third-order valence-corrected chi connectivity index (χ3v) is 4.87. The summed E-state index contributed by atoms with van der Waals surface area (Å²) in [6.45, 7) is 9.50. The molecule has 0 aromatic heterocycles. The highest BCUT2D eigenvalue weighted by molar-refractivity contribution is 5.82. The van der Waals surface area contributed by atoms with E-state index in [-0.39, 0.29) is 11.9 Å². The van der Waals surface area contributed by atoms with Crippen molar-refractivity contribution < 1.29 is 4.79 Å². The third kappa shape index (κ3) is 3.69. The quantitative estimate of drug-likeness (QED) is 0.682. The first-order valence-electron chi connectivity index (χ1n) is 7.99. The second-order valence-corrected chi connectivity index (χ2v) is 5.91. The minimum Gasteiger partial charge on any atom is -0.355 e. The maximum Gasteiger partial charge on any atom is 0.237 e. The molecule has 1 saturated carbocycles. The topological polar surface area (TPSA) is 44.4 Å². The van der Waals surface area contributed by atoms with E-state index in [4.69, 9.17) is 0 Å². The molecule has 19 heavy (non-hydrogen) atoms. The van der Waals surface area contributed by atoms with Crippen molar-refractivity contribution in [3.8, 4) is 0 Å². The van der Waals surface area contributed by atoms with Crippen molar-refractivity contribution in [1.29, 1.82) is 0 Å². The standard InChI is InChI=1S/C15H29N3O/c1-3-18(4-2)10-6-9-16-15(19)14-13-8-5-7-12(13)11-17-14/h12-14,17H,3-11H2,1-2H3,(H,16,19). The number of nitrogens with one attached hydrogen (secondary N) is 2. The Bertz CT molecular complexity index is 291. The molecule has 1 amide bonds. The van der Waals surface area contributed by atoms with Gasteiger partial charge in [0, 0.05) is 6.54 Å². The van der Waals surface area contributed by atoms with Crippen LogP contribution in [0.4, 0.5) is 0 Å². The SMILES string of the molecule is CCN(CC)CCCNC(=O)C1NCC2CCCC21. The number of hydrogen-bond donors (Lipinski definition) is 2. The predicted molar refractivity (Wildman–Crippen MR) is 78.0 cm³/mol. The molecular weight excluding hydrogens is 238 g/mol. The van der Waals surface area contributed by atoms with Crippen LogP contribution in [0.5, 0.6) is 0 Å². The molecule has 1 aliphatic carbocycles. The van der Waals surface area contributed by atoms with Gasteiger partial charge >= 0.3 is 0 Å². The Labute approximate surface area is 117 Å². The molecule has 1 saturated heterocycles. The van der Waals surface area contributed by atoms with E-state index in [0.717, 1.165) is 45.1 Å². The van der Waals surface area contributed by atoms with E-state index in [1.54, 1.807) is 0 Å². The fourth-order valence-electron chi connectivity index (χ4n) is 3.64. The summed E-state index contributed by atoms with van der Waals surface area (Å²) >= 11 is 0. The van der Waals surface area contributed by atoms with E-state index in [0.29, 0.717) is 5.92 Å². The normalized spacial score (nSPS) is 29.7. The molecule has 2 rings (SSSR count). The Kier molecular flexibility index (Phi) is 5.64. The van der Waals surface area contributed by atoms with E-state index in [2.05, 4.69) is 29.4 Å². The summed E-state index contributed by atoms with van der Waals surface area (Å²) in [6.07, 6.45) is 4.90. The van der Waals surface area contributed by atoms with Gasteiger partial charge in [0.2, 0.25) is 5.91 Å². The number of amides is 1. The lowest BCUT2D eigenvalue weighted by Gasteiger charge is -2.20. The summed E-state index contributed by atoms with van der Waals surface area (Å²) in [6, 6.07) is 0.0842. The molecule has 2 aliphatic rings. The molecule has 0 radical (unpaired) electrons. The van der Waals surface area contributed by atoms with Gasteiger partial charge in [-0.05, 0) is 57.3 Å². The summed E-state index contributed by atoms with van der Waals surface area (Å²) in [5.74, 6) is 1.59. The number of fused-ring (bicyclic) bond motifs is 1. The maximum atomic E-state index is 12.2. The number of rotatable bonds is 7. The van der Waals surface area contributed by atoms with Crippen molar-refractivity contribution in [2.75, 3.05) is 32.7 Å². The third-order valence-electron chi connectivity index (χ3n) is 4.87. The van der Waals surface area contributed by atoms with Crippen LogP contribution in [0.25, 0.3) is 0 Å². The minimum absolute atomic E-state index is 0.0842. The molecule has 4 heteroatoms. The van der Waals surface area contributed by atoms with Crippen LogP contribution in [0.2, 0.25) is 0 Å². The van der Waals surface area contributed by atoms with Crippen molar-refractivity contribution in [1.82, 2.24) is 15.5 Å². The van der Waals surface area contributed by atoms with E-state index >= 15 is 0 Å². The Balaban J connectivity index is 1.64. The molecule has 2 N–H and O–H groups in total. The molecule has 3 unspecified atom stereocenters. The van der Waals surface area contributed by atoms with Crippen molar-refractivity contribution in [3.05, 3.63) is 0 Å². The Hall–Kier alpha value is -0.610. The molecule has 0 spiro atoms. The zero-order valence-electron chi connectivity index (χ0n) is 12.5. The highest BCUT2D eigenvalue weighted by atomic mass is 16.2. The molecule has 1 aliphatic heterocycles. The van der Waals surface area contributed by atoms with E-state index in [9.17, 15) is 4.79 Å². The second kappa shape index (κ2) is 7.25. The van der Waals surface area contributed by atoms with Crippen LogP contribution in [-0.2, 0) is 4.79 Å². The first-order chi connectivity index (χ1) is 9.26. The number of nitrogens with zero attached hydrogens (tertiary/aromatic N) is 1. The number of hydrogen-bond acceptors (Lipinski definition) is 3. The van der Waals surface area contributed by atoms with Crippen LogP contribution >= 0.6 is 0 Å². The largest absolute Gasteiger partial charge is 0.355 e. The molecule has 3 atom stereocenters.